The fraction of sp³-hybridized carbons (Fsp3) is 0.562. The lowest BCUT2D eigenvalue weighted by Gasteiger charge is -2.31. The Hall–Kier alpha value is -1.24. The average Bonchev–Trinajstić information content (AvgIpc) is 2.73. The topological polar surface area (TPSA) is 57.7 Å². The van der Waals surface area contributed by atoms with E-state index in [-0.39, 0.29) is 18.2 Å². The lowest BCUT2D eigenvalue weighted by atomic mass is 10.0. The molecule has 0 N–H and O–H groups in total. The van der Waals surface area contributed by atoms with Gasteiger partial charge in [0.1, 0.15) is 0 Å². The molecule has 1 aliphatic heterocycles. The molecule has 0 aromatic heterocycles. The number of carbonyl (C=O) groups is 1. The second-order valence-corrected chi connectivity index (χ2v) is 7.99. The molecule has 1 aromatic rings. The monoisotopic (exact) mass is 324 g/mol. The van der Waals surface area contributed by atoms with Crippen LogP contribution >= 0.6 is 0 Å². The van der Waals surface area contributed by atoms with Crippen LogP contribution in [0.3, 0.4) is 0 Å². The van der Waals surface area contributed by atoms with Gasteiger partial charge in [-0.3, -0.25) is 4.79 Å². The molecule has 122 valence electrons. The highest BCUT2D eigenvalue weighted by molar-refractivity contribution is 7.86. The summed E-state index contributed by atoms with van der Waals surface area (Å²) in [7, 11) is -0.410. The first-order chi connectivity index (χ1) is 10.4. The van der Waals surface area contributed by atoms with Gasteiger partial charge in [-0.15, -0.1) is 0 Å². The van der Waals surface area contributed by atoms with Crippen LogP contribution in [0.2, 0.25) is 0 Å². The summed E-state index contributed by atoms with van der Waals surface area (Å²) in [4.78, 5) is 12.4. The van der Waals surface area contributed by atoms with Crippen molar-refractivity contribution in [3.05, 3.63) is 35.9 Å². The summed E-state index contributed by atoms with van der Waals surface area (Å²) in [5, 5.41) is 0. The summed E-state index contributed by atoms with van der Waals surface area (Å²) >= 11 is 0. The van der Waals surface area contributed by atoms with Crippen LogP contribution in [0.4, 0.5) is 0 Å². The number of rotatable bonds is 5. The fourth-order valence-electron chi connectivity index (χ4n) is 2.82. The summed E-state index contributed by atoms with van der Waals surface area (Å²) < 4.78 is 27.8. The van der Waals surface area contributed by atoms with Crippen molar-refractivity contribution in [3.63, 3.8) is 0 Å². The summed E-state index contributed by atoms with van der Waals surface area (Å²) in [6.07, 6.45) is 3.81. The third kappa shape index (κ3) is 3.94. The van der Waals surface area contributed by atoms with Crippen LogP contribution < -0.4 is 0 Å². The zero-order valence-corrected chi connectivity index (χ0v) is 14.1. The fourth-order valence-corrected chi connectivity index (χ4v) is 4.16. The van der Waals surface area contributed by atoms with E-state index in [1.54, 1.807) is 12.1 Å². The molecule has 22 heavy (non-hydrogen) atoms. The van der Waals surface area contributed by atoms with E-state index < -0.39 is 10.2 Å². The minimum Gasteiger partial charge on any atom is -0.294 e. The molecule has 0 aliphatic carbocycles. The highest BCUT2D eigenvalue weighted by Crippen LogP contribution is 2.24. The largest absolute Gasteiger partial charge is 0.294 e. The van der Waals surface area contributed by atoms with E-state index in [1.165, 1.54) is 22.7 Å². The number of hydrogen-bond donors (Lipinski definition) is 0. The van der Waals surface area contributed by atoms with E-state index in [0.717, 1.165) is 25.7 Å². The van der Waals surface area contributed by atoms with Gasteiger partial charge in [-0.1, -0.05) is 43.2 Å². The number of nitrogens with zero attached hydrogens (tertiary/aromatic N) is 2. The first-order valence-corrected chi connectivity index (χ1v) is 9.10. The second kappa shape index (κ2) is 7.35. The Kier molecular flexibility index (Phi) is 5.72. The van der Waals surface area contributed by atoms with E-state index in [4.69, 9.17) is 0 Å². The molecule has 0 saturated carbocycles. The Morgan fingerprint density at radius 2 is 1.86 bits per heavy atom. The molecule has 2 rings (SSSR count). The van der Waals surface area contributed by atoms with Crippen LogP contribution in [-0.4, -0.2) is 49.5 Å². The Bertz CT molecular complexity index is 599. The smallest absolute Gasteiger partial charge is 0.281 e. The molecule has 0 bridgehead atoms. The summed E-state index contributed by atoms with van der Waals surface area (Å²) in [6.45, 7) is 0.493. The number of Topliss-reactive ketones (excluding diaryl/α,β-unsaturated/α-hetero) is 1. The number of hydrogen-bond acceptors (Lipinski definition) is 3. The lowest BCUT2D eigenvalue weighted by Crippen LogP contribution is -2.46. The summed E-state index contributed by atoms with van der Waals surface area (Å²) in [6, 6.07) is 8.84. The van der Waals surface area contributed by atoms with Crippen molar-refractivity contribution in [1.82, 2.24) is 8.61 Å². The summed E-state index contributed by atoms with van der Waals surface area (Å²) in [5.74, 6) is 0.00598. The van der Waals surface area contributed by atoms with Crippen molar-refractivity contribution in [2.75, 3.05) is 20.6 Å². The Morgan fingerprint density at radius 1 is 1.18 bits per heavy atom. The minimum atomic E-state index is -3.49. The van der Waals surface area contributed by atoms with Gasteiger partial charge in [-0.2, -0.15) is 17.0 Å². The molecule has 0 spiro atoms. The molecule has 1 saturated heterocycles. The molecular weight excluding hydrogens is 300 g/mol. The Labute approximate surface area is 133 Å². The molecule has 1 unspecified atom stereocenters. The predicted octanol–water partition coefficient (Wildman–Crippen LogP) is 2.31. The van der Waals surface area contributed by atoms with E-state index in [2.05, 4.69) is 0 Å². The Morgan fingerprint density at radius 3 is 2.50 bits per heavy atom. The van der Waals surface area contributed by atoms with Gasteiger partial charge in [0.25, 0.3) is 10.2 Å². The lowest BCUT2D eigenvalue weighted by molar-refractivity contribution is 0.0951. The van der Waals surface area contributed by atoms with Gasteiger partial charge in [0.15, 0.2) is 5.78 Å². The molecule has 1 heterocycles. The molecule has 5 nitrogen and oxygen atoms in total. The quantitative estimate of drug-likeness (QED) is 0.781. The first kappa shape index (κ1) is 17.1. The average molecular weight is 324 g/mol. The molecular formula is C16H24N2O3S. The van der Waals surface area contributed by atoms with Gasteiger partial charge >= 0.3 is 0 Å². The molecule has 1 aliphatic rings. The van der Waals surface area contributed by atoms with Crippen molar-refractivity contribution in [3.8, 4) is 0 Å². The van der Waals surface area contributed by atoms with E-state index in [0.29, 0.717) is 12.1 Å². The first-order valence-electron chi connectivity index (χ1n) is 7.70. The highest BCUT2D eigenvalue weighted by Gasteiger charge is 2.33. The highest BCUT2D eigenvalue weighted by atomic mass is 32.2. The second-order valence-electron chi connectivity index (χ2n) is 5.90. The van der Waals surface area contributed by atoms with Crippen molar-refractivity contribution < 1.29 is 13.2 Å². The van der Waals surface area contributed by atoms with Gasteiger partial charge < -0.3 is 0 Å². The van der Waals surface area contributed by atoms with E-state index in [1.807, 2.05) is 18.2 Å². The zero-order valence-electron chi connectivity index (χ0n) is 13.2. The van der Waals surface area contributed by atoms with Crippen LogP contribution in [-0.2, 0) is 10.2 Å². The third-order valence-electron chi connectivity index (χ3n) is 4.10. The predicted molar refractivity (Wildman–Crippen MR) is 87.0 cm³/mol. The van der Waals surface area contributed by atoms with Crippen molar-refractivity contribution in [2.24, 2.45) is 0 Å². The van der Waals surface area contributed by atoms with E-state index in [9.17, 15) is 13.2 Å². The van der Waals surface area contributed by atoms with Crippen molar-refractivity contribution in [1.29, 1.82) is 0 Å². The van der Waals surface area contributed by atoms with Crippen molar-refractivity contribution >= 4 is 16.0 Å². The minimum absolute atomic E-state index is 0.00598. The molecule has 0 amide bonds. The van der Waals surface area contributed by atoms with Crippen LogP contribution in [0.15, 0.2) is 30.3 Å². The van der Waals surface area contributed by atoms with Gasteiger partial charge in [-0.05, 0) is 12.8 Å². The molecule has 1 atom stereocenters. The van der Waals surface area contributed by atoms with Crippen LogP contribution in [0.5, 0.6) is 0 Å². The number of ketones is 1. The van der Waals surface area contributed by atoms with Gasteiger partial charge in [0.05, 0.1) is 0 Å². The third-order valence-corrected chi connectivity index (χ3v) is 6.09. The Balaban J connectivity index is 2.19. The van der Waals surface area contributed by atoms with Gasteiger partial charge in [0, 0.05) is 38.7 Å². The summed E-state index contributed by atoms with van der Waals surface area (Å²) in [5.41, 5.74) is 0.647. The maximum absolute atomic E-state index is 12.5. The van der Waals surface area contributed by atoms with Crippen LogP contribution in [0, 0.1) is 0 Å². The van der Waals surface area contributed by atoms with Crippen LogP contribution in [0.25, 0.3) is 0 Å². The standard InChI is InChI=1S/C16H24N2O3S/c1-17(2)22(20,21)18-12-8-4-7-11-15(18)13-16(19)14-9-5-3-6-10-14/h3,5-6,9-10,15H,4,7-8,11-13H2,1-2H3. The maximum Gasteiger partial charge on any atom is 0.281 e. The van der Waals surface area contributed by atoms with E-state index >= 15 is 0 Å². The van der Waals surface area contributed by atoms with Gasteiger partial charge in [-0.25, -0.2) is 0 Å². The van der Waals surface area contributed by atoms with Gasteiger partial charge in [0.2, 0.25) is 0 Å². The molecule has 6 heteroatoms. The molecule has 0 radical (unpaired) electrons. The molecule has 1 fully saturated rings. The van der Waals surface area contributed by atoms with Crippen LogP contribution in [0.1, 0.15) is 42.5 Å². The normalized spacial score (nSPS) is 20.8. The number of benzene rings is 1. The zero-order chi connectivity index (χ0) is 16.2. The molecule has 1 aromatic carbocycles. The SMILES string of the molecule is CN(C)S(=O)(=O)N1CCCCCC1CC(=O)c1ccccc1. The number of carbonyl (C=O) groups excluding carboxylic acids is 1. The maximum atomic E-state index is 12.5. The van der Waals surface area contributed by atoms with Crippen molar-refractivity contribution in [2.45, 2.75) is 38.1 Å².